The quantitative estimate of drug-likeness (QED) is 0.130. The third kappa shape index (κ3) is 8.60. The molecule has 0 radical (unpaired) electrons. The molecule has 0 saturated carbocycles. The van der Waals surface area contributed by atoms with Gasteiger partial charge in [-0.15, -0.1) is 0 Å². The largest absolute Gasteiger partial charge is 0.309 e. The summed E-state index contributed by atoms with van der Waals surface area (Å²) in [6.07, 6.45) is 0. The van der Waals surface area contributed by atoms with Gasteiger partial charge in [-0.2, -0.15) is 21.0 Å². The van der Waals surface area contributed by atoms with E-state index in [2.05, 4.69) is 73.4 Å². The number of para-hydroxylation sites is 1. The van der Waals surface area contributed by atoms with Crippen LogP contribution in [0.2, 0.25) is 0 Å². The maximum atomic E-state index is 10.7. The van der Waals surface area contributed by atoms with Gasteiger partial charge in [0.05, 0.1) is 93.1 Å². The molecule has 11 nitrogen and oxygen atoms in total. The Hall–Kier alpha value is -13.0. The van der Waals surface area contributed by atoms with Crippen molar-refractivity contribution in [2.24, 2.45) is 0 Å². The first-order valence-corrected chi connectivity index (χ1v) is 27.4. The summed E-state index contributed by atoms with van der Waals surface area (Å²) in [6, 6.07) is 84.9. The van der Waals surface area contributed by atoms with Gasteiger partial charge in [-0.3, -0.25) is 0 Å². The third-order valence-corrected chi connectivity index (χ3v) is 15.8. The van der Waals surface area contributed by atoms with Gasteiger partial charge in [-0.25, -0.2) is 24.6 Å². The standard InChI is InChI=1S/C75H39N11/c1-80-55-29-35-72(86-68-32-26-48(56-19-9-6-16-52(56)43-77)37-60(68)61-38-49(27-33-69(61)86)57-20-10-7-17-53(57)44-78)65(41-55)75-83-73(47-14-4-3-5-15-47)82-74(84-75)64-36-46(42-76)24-30-71(64)85-67-31-25-50(58-21-11-8-18-54(58)45-79)39-62(67)63-40-51(28-34-70(63)85)59-22-12-13-23-66(59)81-2/h3-41H. The fraction of sp³-hybridized carbons (Fsp3) is 0. The number of hydrogen-bond acceptors (Lipinski definition) is 7. The van der Waals surface area contributed by atoms with Crippen LogP contribution in [0.1, 0.15) is 22.3 Å². The van der Waals surface area contributed by atoms with Crippen LogP contribution in [0.25, 0.3) is 143 Å². The van der Waals surface area contributed by atoms with Crippen molar-refractivity contribution in [3.8, 4) is 114 Å². The Kier molecular flexibility index (Phi) is 12.6. The highest BCUT2D eigenvalue weighted by atomic mass is 15.1. The minimum atomic E-state index is 0.265. The van der Waals surface area contributed by atoms with E-state index in [9.17, 15) is 21.0 Å². The molecule has 3 heterocycles. The molecule has 0 aliphatic rings. The normalized spacial score (nSPS) is 11.0. The van der Waals surface area contributed by atoms with Crippen molar-refractivity contribution in [2.45, 2.75) is 0 Å². The summed E-state index contributed by atoms with van der Waals surface area (Å²) < 4.78 is 4.29. The first-order valence-electron chi connectivity index (χ1n) is 27.4. The molecule has 0 fully saturated rings. The van der Waals surface area contributed by atoms with Gasteiger partial charge in [0.15, 0.2) is 28.8 Å². The number of benzene rings is 11. The first kappa shape index (κ1) is 51.1. The molecule has 14 aromatic rings. The molecule has 3 aromatic heterocycles. The fourth-order valence-corrected chi connectivity index (χ4v) is 11.8. The SMILES string of the molecule is [C-]#[N+]c1ccc(-n2c3ccc(-c4ccccc4C#N)cc3c3cc(-c4ccccc4C#N)ccc32)c(-c2nc(-c3ccccc3)nc(-c3cc(C#N)ccc3-n3c4ccc(-c5ccccc5C#N)cc4c4cc(-c5ccccc5[N+]#[C-])ccc43)n2)c1. The van der Waals surface area contributed by atoms with Crippen LogP contribution in [0.15, 0.2) is 237 Å². The van der Waals surface area contributed by atoms with E-state index in [1.54, 1.807) is 24.3 Å². The second kappa shape index (κ2) is 21.1. The van der Waals surface area contributed by atoms with Crippen molar-refractivity contribution in [3.63, 3.8) is 0 Å². The molecule has 0 spiro atoms. The Balaban J connectivity index is 1.03. The van der Waals surface area contributed by atoms with Crippen LogP contribution in [0.5, 0.6) is 0 Å². The average molecular weight is 1090 g/mol. The molecule has 0 amide bonds. The van der Waals surface area contributed by atoms with Crippen molar-refractivity contribution < 1.29 is 0 Å². The highest BCUT2D eigenvalue weighted by molar-refractivity contribution is 6.14. The number of rotatable bonds is 9. The Morgan fingerprint density at radius 1 is 0.314 bits per heavy atom. The van der Waals surface area contributed by atoms with Crippen LogP contribution in [-0.2, 0) is 0 Å². The van der Waals surface area contributed by atoms with E-state index in [0.29, 0.717) is 67.5 Å². The van der Waals surface area contributed by atoms with Crippen molar-refractivity contribution in [3.05, 3.63) is 282 Å². The predicted molar refractivity (Wildman–Crippen MR) is 338 cm³/mol. The van der Waals surface area contributed by atoms with Gasteiger partial charge in [-0.05, 0) is 142 Å². The van der Waals surface area contributed by atoms with Crippen molar-refractivity contribution in [2.75, 3.05) is 0 Å². The smallest absolute Gasteiger partial charge is 0.194 e. The monoisotopic (exact) mass is 1090 g/mol. The molecular weight excluding hydrogens is 1050 g/mol. The molecule has 14 rings (SSSR count). The molecule has 0 aliphatic carbocycles. The Labute approximate surface area is 493 Å². The molecule has 0 saturated heterocycles. The molecule has 394 valence electrons. The minimum Gasteiger partial charge on any atom is -0.309 e. The van der Waals surface area contributed by atoms with Crippen LogP contribution in [0.3, 0.4) is 0 Å². The van der Waals surface area contributed by atoms with Crippen molar-refractivity contribution >= 4 is 55.0 Å². The van der Waals surface area contributed by atoms with Gasteiger partial charge in [-0.1, -0.05) is 140 Å². The highest BCUT2D eigenvalue weighted by Crippen LogP contribution is 2.44. The maximum Gasteiger partial charge on any atom is 0.194 e. The zero-order valence-corrected chi connectivity index (χ0v) is 45.4. The van der Waals surface area contributed by atoms with Gasteiger partial charge >= 0.3 is 0 Å². The predicted octanol–water partition coefficient (Wildman–Crippen LogP) is 18.3. The lowest BCUT2D eigenvalue weighted by Crippen LogP contribution is -2.06. The number of aromatic nitrogens is 5. The van der Waals surface area contributed by atoms with Crippen molar-refractivity contribution in [1.29, 1.82) is 21.0 Å². The van der Waals surface area contributed by atoms with Crippen LogP contribution < -0.4 is 0 Å². The number of fused-ring (bicyclic) bond motifs is 6. The summed E-state index contributed by atoms with van der Waals surface area (Å²) in [6.45, 7) is 16.4. The molecule has 0 N–H and O–H groups in total. The summed E-state index contributed by atoms with van der Waals surface area (Å²) in [5.74, 6) is 0.886. The number of hydrogen-bond donors (Lipinski definition) is 0. The molecule has 86 heavy (non-hydrogen) atoms. The molecule has 0 aliphatic heterocycles. The Morgan fingerprint density at radius 2 is 0.709 bits per heavy atom. The van der Waals surface area contributed by atoms with Gasteiger partial charge in [0.25, 0.3) is 0 Å². The Bertz CT molecular complexity index is 4910. The maximum absolute atomic E-state index is 10.7. The topological polar surface area (TPSA) is 152 Å². The second-order valence-electron chi connectivity index (χ2n) is 20.5. The lowest BCUT2D eigenvalue weighted by Gasteiger charge is -2.17. The summed E-state index contributed by atoms with van der Waals surface area (Å²) in [7, 11) is 0. The summed E-state index contributed by atoms with van der Waals surface area (Å²) in [5, 5.41) is 44.9. The highest BCUT2D eigenvalue weighted by Gasteiger charge is 2.25. The first-order chi connectivity index (χ1) is 42.4. The van der Waals surface area contributed by atoms with Crippen LogP contribution in [-0.4, -0.2) is 24.1 Å². The van der Waals surface area contributed by atoms with Gasteiger partial charge in [0, 0.05) is 38.2 Å². The molecule has 0 unspecified atom stereocenters. The Morgan fingerprint density at radius 3 is 1.15 bits per heavy atom. The summed E-state index contributed by atoms with van der Waals surface area (Å²) >= 11 is 0. The zero-order chi connectivity index (χ0) is 58.4. The average Bonchev–Trinajstić information content (AvgIpc) is 1.73. The van der Waals surface area contributed by atoms with Crippen molar-refractivity contribution in [1.82, 2.24) is 24.1 Å². The van der Waals surface area contributed by atoms with E-state index in [-0.39, 0.29) is 11.6 Å². The van der Waals surface area contributed by atoms with Gasteiger partial charge < -0.3 is 9.13 Å². The van der Waals surface area contributed by atoms with Crippen LogP contribution in [0, 0.1) is 58.5 Å². The number of nitrogens with zero attached hydrogens (tertiary/aromatic N) is 11. The molecular formula is C75H39N11. The molecule has 0 bridgehead atoms. The second-order valence-corrected chi connectivity index (χ2v) is 20.5. The minimum absolute atomic E-state index is 0.265. The van der Waals surface area contributed by atoms with Crippen LogP contribution >= 0.6 is 0 Å². The van der Waals surface area contributed by atoms with E-state index >= 15 is 0 Å². The molecule has 11 heteroatoms. The van der Waals surface area contributed by atoms with E-state index in [1.165, 1.54) is 0 Å². The lowest BCUT2D eigenvalue weighted by atomic mass is 9.96. The van der Waals surface area contributed by atoms with Gasteiger partial charge in [0.2, 0.25) is 0 Å². The molecule has 11 aromatic carbocycles. The zero-order valence-electron chi connectivity index (χ0n) is 45.4. The van der Waals surface area contributed by atoms with E-state index in [1.807, 2.05) is 182 Å². The van der Waals surface area contributed by atoms with E-state index in [0.717, 1.165) is 88.1 Å². The molecule has 0 atom stereocenters. The summed E-state index contributed by atoms with van der Waals surface area (Å²) in [5.41, 5.74) is 15.9. The van der Waals surface area contributed by atoms with Gasteiger partial charge in [0.1, 0.15) is 0 Å². The van der Waals surface area contributed by atoms with Crippen LogP contribution in [0.4, 0.5) is 11.4 Å². The summed E-state index contributed by atoms with van der Waals surface area (Å²) in [4.78, 5) is 23.8. The number of nitriles is 4. The fourth-order valence-electron chi connectivity index (χ4n) is 11.8. The van der Waals surface area contributed by atoms with E-state index in [4.69, 9.17) is 28.1 Å². The third-order valence-electron chi connectivity index (χ3n) is 15.8. The lowest BCUT2D eigenvalue weighted by molar-refractivity contribution is 1.06. The van der Waals surface area contributed by atoms with E-state index < -0.39 is 0 Å².